The van der Waals surface area contributed by atoms with Gasteiger partial charge < -0.3 is 8.98 Å². The second-order valence-electron chi connectivity index (χ2n) is 7.62. The Labute approximate surface area is 204 Å². The van der Waals surface area contributed by atoms with Crippen LogP contribution in [0.3, 0.4) is 0 Å². The summed E-state index contributed by atoms with van der Waals surface area (Å²) in [4.78, 5) is 15.2. The van der Waals surface area contributed by atoms with Crippen LogP contribution in [0.4, 0.5) is 0 Å². The SMILES string of the molecule is Cc1cc(/C=C2\SC(=S)N(Cc3ccco3)C2=O)c(C)n1-c1ccc(Br)c2ccccc12. The number of halogens is 1. The quantitative estimate of drug-likeness (QED) is 0.213. The number of hydrogen-bond donors (Lipinski definition) is 0. The predicted molar refractivity (Wildman–Crippen MR) is 138 cm³/mol. The number of benzene rings is 2. The van der Waals surface area contributed by atoms with Crippen LogP contribution >= 0.6 is 39.9 Å². The molecule has 0 atom stereocenters. The second kappa shape index (κ2) is 8.39. The van der Waals surface area contributed by atoms with Crippen LogP contribution in [0.25, 0.3) is 22.5 Å². The molecule has 32 heavy (non-hydrogen) atoms. The van der Waals surface area contributed by atoms with Gasteiger partial charge in [0.05, 0.1) is 23.4 Å². The van der Waals surface area contributed by atoms with E-state index in [9.17, 15) is 4.79 Å². The molecule has 2 aromatic carbocycles. The zero-order chi connectivity index (χ0) is 22.4. The number of aryl methyl sites for hydroxylation is 1. The summed E-state index contributed by atoms with van der Waals surface area (Å²) < 4.78 is 9.24. The smallest absolute Gasteiger partial charge is 0.266 e. The third-order valence-electron chi connectivity index (χ3n) is 5.61. The molecule has 1 aliphatic heterocycles. The Morgan fingerprint density at radius 2 is 1.88 bits per heavy atom. The van der Waals surface area contributed by atoms with Crippen molar-refractivity contribution in [2.45, 2.75) is 20.4 Å². The zero-order valence-corrected chi connectivity index (χ0v) is 20.7. The Balaban J connectivity index is 1.53. The molecule has 1 fully saturated rings. The van der Waals surface area contributed by atoms with Gasteiger partial charge in [-0.3, -0.25) is 9.69 Å². The summed E-state index contributed by atoms with van der Waals surface area (Å²) in [7, 11) is 0. The molecule has 1 aliphatic rings. The van der Waals surface area contributed by atoms with E-state index >= 15 is 0 Å². The van der Waals surface area contributed by atoms with Crippen LogP contribution in [0, 0.1) is 13.8 Å². The number of rotatable bonds is 4. The van der Waals surface area contributed by atoms with Gasteiger partial charge in [-0.1, -0.05) is 64.2 Å². The van der Waals surface area contributed by atoms with Crippen LogP contribution in [0.2, 0.25) is 0 Å². The van der Waals surface area contributed by atoms with Gasteiger partial charge >= 0.3 is 0 Å². The van der Waals surface area contributed by atoms with Crippen molar-refractivity contribution >= 4 is 67.0 Å². The van der Waals surface area contributed by atoms with Crippen LogP contribution < -0.4 is 0 Å². The van der Waals surface area contributed by atoms with Crippen molar-refractivity contribution in [3.8, 4) is 5.69 Å². The first kappa shape index (κ1) is 21.2. The first-order valence-corrected chi connectivity index (χ1v) is 12.1. The van der Waals surface area contributed by atoms with Crippen LogP contribution in [-0.4, -0.2) is 19.7 Å². The lowest BCUT2D eigenvalue weighted by Crippen LogP contribution is -2.27. The average Bonchev–Trinajstić information content (AvgIpc) is 3.46. The Morgan fingerprint density at radius 1 is 1.09 bits per heavy atom. The van der Waals surface area contributed by atoms with E-state index in [1.54, 1.807) is 11.2 Å². The highest BCUT2D eigenvalue weighted by atomic mass is 79.9. The van der Waals surface area contributed by atoms with Crippen molar-refractivity contribution < 1.29 is 9.21 Å². The van der Waals surface area contributed by atoms with Crippen LogP contribution in [0.5, 0.6) is 0 Å². The minimum atomic E-state index is -0.0877. The number of hydrogen-bond acceptors (Lipinski definition) is 4. The third-order valence-corrected chi connectivity index (χ3v) is 7.68. The minimum Gasteiger partial charge on any atom is -0.467 e. The van der Waals surface area contributed by atoms with E-state index in [1.165, 1.54) is 17.1 Å². The van der Waals surface area contributed by atoms with E-state index < -0.39 is 0 Å². The molecule has 5 rings (SSSR count). The van der Waals surface area contributed by atoms with Crippen molar-refractivity contribution in [2.75, 3.05) is 0 Å². The summed E-state index contributed by atoms with van der Waals surface area (Å²) in [5, 5.41) is 2.33. The molecule has 0 N–H and O–H groups in total. The number of amides is 1. The normalized spacial score (nSPS) is 15.5. The molecule has 0 spiro atoms. The maximum Gasteiger partial charge on any atom is 0.266 e. The molecule has 0 bridgehead atoms. The maximum absolute atomic E-state index is 13.0. The highest BCUT2D eigenvalue weighted by Gasteiger charge is 2.33. The first-order valence-electron chi connectivity index (χ1n) is 10.1. The van der Waals surface area contributed by atoms with E-state index in [2.05, 4.69) is 70.7 Å². The fraction of sp³-hybridized carbons (Fsp3) is 0.120. The van der Waals surface area contributed by atoms with Crippen LogP contribution in [0.1, 0.15) is 22.7 Å². The number of thioether (sulfide) groups is 1. The van der Waals surface area contributed by atoms with Gasteiger partial charge in [-0.25, -0.2) is 0 Å². The molecule has 0 unspecified atom stereocenters. The van der Waals surface area contributed by atoms with E-state index in [4.69, 9.17) is 16.6 Å². The summed E-state index contributed by atoms with van der Waals surface area (Å²) in [6.45, 7) is 4.52. The maximum atomic E-state index is 13.0. The van der Waals surface area contributed by atoms with E-state index in [-0.39, 0.29) is 5.91 Å². The largest absolute Gasteiger partial charge is 0.467 e. The highest BCUT2D eigenvalue weighted by Crippen LogP contribution is 2.36. The first-order chi connectivity index (χ1) is 15.4. The lowest BCUT2D eigenvalue weighted by molar-refractivity contribution is -0.122. The number of thiocarbonyl (C=S) groups is 1. The molecular weight excluding hydrogens is 504 g/mol. The summed E-state index contributed by atoms with van der Waals surface area (Å²) in [6.07, 6.45) is 3.55. The van der Waals surface area contributed by atoms with Crippen LogP contribution in [-0.2, 0) is 11.3 Å². The van der Waals surface area contributed by atoms with Gasteiger partial charge in [0.15, 0.2) is 0 Å². The molecule has 0 saturated carbocycles. The topological polar surface area (TPSA) is 38.4 Å². The monoisotopic (exact) mass is 522 g/mol. The van der Waals surface area contributed by atoms with Gasteiger partial charge in [0.25, 0.3) is 5.91 Å². The number of fused-ring (bicyclic) bond motifs is 1. The van der Waals surface area contributed by atoms with Gasteiger partial charge in [-0.2, -0.15) is 0 Å². The number of aromatic nitrogens is 1. The predicted octanol–water partition coefficient (Wildman–Crippen LogP) is 7.00. The Bertz CT molecular complexity index is 1400. The fourth-order valence-corrected chi connectivity index (χ4v) is 5.81. The molecule has 0 aliphatic carbocycles. The zero-order valence-electron chi connectivity index (χ0n) is 17.5. The van der Waals surface area contributed by atoms with Crippen molar-refractivity contribution in [2.24, 2.45) is 0 Å². The molecule has 0 radical (unpaired) electrons. The lowest BCUT2D eigenvalue weighted by Gasteiger charge is -2.14. The number of furan rings is 1. The Hall–Kier alpha value is -2.61. The molecule has 3 heterocycles. The summed E-state index contributed by atoms with van der Waals surface area (Å²) >= 11 is 10.5. The van der Waals surface area contributed by atoms with Gasteiger partial charge in [0.2, 0.25) is 0 Å². The van der Waals surface area contributed by atoms with Crippen molar-refractivity contribution in [1.82, 2.24) is 9.47 Å². The lowest BCUT2D eigenvalue weighted by atomic mass is 10.1. The van der Waals surface area contributed by atoms with E-state index in [1.807, 2.05) is 24.3 Å². The van der Waals surface area contributed by atoms with Gasteiger partial charge in [-0.15, -0.1) is 0 Å². The molecule has 4 aromatic rings. The Morgan fingerprint density at radius 3 is 2.62 bits per heavy atom. The standard InChI is InChI=1S/C25H19BrN2O2S2/c1-15-12-17(13-23-24(29)27(25(31)32-23)14-18-6-5-11-30-18)16(2)28(15)22-10-9-21(26)19-7-3-4-8-20(19)22/h3-13H,14H2,1-2H3/b23-13-. The van der Waals surface area contributed by atoms with Crippen molar-refractivity contribution in [3.63, 3.8) is 0 Å². The van der Waals surface area contributed by atoms with E-state index in [0.29, 0.717) is 21.5 Å². The molecule has 160 valence electrons. The fourth-order valence-electron chi connectivity index (χ4n) is 4.08. The molecule has 2 aromatic heterocycles. The van der Waals surface area contributed by atoms with E-state index in [0.717, 1.165) is 32.5 Å². The third kappa shape index (κ3) is 3.64. The number of nitrogens with zero attached hydrogens (tertiary/aromatic N) is 2. The van der Waals surface area contributed by atoms with Gasteiger partial charge in [0, 0.05) is 21.2 Å². The summed E-state index contributed by atoms with van der Waals surface area (Å²) in [6, 6.07) is 18.3. The minimum absolute atomic E-state index is 0.0877. The summed E-state index contributed by atoms with van der Waals surface area (Å²) in [5.74, 6) is 0.623. The van der Waals surface area contributed by atoms with Gasteiger partial charge in [-0.05, 0) is 61.2 Å². The molecular formula is C25H19BrN2O2S2. The van der Waals surface area contributed by atoms with Crippen LogP contribution in [0.15, 0.2) is 74.7 Å². The van der Waals surface area contributed by atoms with Crippen molar-refractivity contribution in [3.05, 3.63) is 92.9 Å². The van der Waals surface area contributed by atoms with Gasteiger partial charge in [0.1, 0.15) is 10.1 Å². The number of carbonyl (C=O) groups excluding carboxylic acids is 1. The summed E-state index contributed by atoms with van der Waals surface area (Å²) in [5.41, 5.74) is 4.30. The van der Waals surface area contributed by atoms with Crippen molar-refractivity contribution in [1.29, 1.82) is 0 Å². The second-order valence-corrected chi connectivity index (χ2v) is 10.2. The molecule has 7 heteroatoms. The average molecular weight is 523 g/mol. The number of carbonyl (C=O) groups is 1. The molecule has 1 amide bonds. The molecule has 1 saturated heterocycles. The molecule has 4 nitrogen and oxygen atoms in total. The highest BCUT2D eigenvalue weighted by molar-refractivity contribution is 9.10. The Kier molecular flexibility index (Phi) is 5.57.